The number of esters is 2. The Morgan fingerprint density at radius 3 is 2.50 bits per heavy atom. The van der Waals surface area contributed by atoms with E-state index in [1.54, 1.807) is 36.4 Å². The molecule has 3 aromatic rings. The number of fused-ring (bicyclic) bond motifs is 3. The number of benzene rings is 2. The first kappa shape index (κ1) is 19.8. The van der Waals surface area contributed by atoms with Gasteiger partial charge in [-0.05, 0) is 30.3 Å². The summed E-state index contributed by atoms with van der Waals surface area (Å²) >= 11 is 6.22. The van der Waals surface area contributed by atoms with Gasteiger partial charge in [0, 0.05) is 16.1 Å². The SMILES string of the molecule is COC(=O)c1nc2n(c1C(=O)OC)-c1ccc(Cl)cc1C(c1ccccc1F)=NC2. The Morgan fingerprint density at radius 1 is 1.07 bits per heavy atom. The van der Waals surface area contributed by atoms with Crippen LogP contribution in [-0.4, -0.2) is 41.4 Å². The molecule has 2 aromatic carbocycles. The van der Waals surface area contributed by atoms with Gasteiger partial charge in [-0.15, -0.1) is 0 Å². The molecule has 1 aliphatic rings. The monoisotopic (exact) mass is 427 g/mol. The molecule has 4 rings (SSSR count). The molecule has 30 heavy (non-hydrogen) atoms. The largest absolute Gasteiger partial charge is 0.464 e. The maximum Gasteiger partial charge on any atom is 0.359 e. The fourth-order valence-electron chi connectivity index (χ4n) is 3.37. The van der Waals surface area contributed by atoms with E-state index in [0.717, 1.165) is 0 Å². The van der Waals surface area contributed by atoms with Gasteiger partial charge < -0.3 is 9.47 Å². The molecule has 0 fully saturated rings. The number of carbonyl (C=O) groups excluding carboxylic acids is 2. The number of rotatable bonds is 3. The molecule has 0 radical (unpaired) electrons. The number of carbonyl (C=O) groups is 2. The van der Waals surface area contributed by atoms with Crippen LogP contribution in [0.15, 0.2) is 47.5 Å². The Labute approximate surface area is 175 Å². The molecule has 0 atom stereocenters. The maximum absolute atomic E-state index is 14.6. The molecule has 2 heterocycles. The summed E-state index contributed by atoms with van der Waals surface area (Å²) in [4.78, 5) is 33.6. The third kappa shape index (κ3) is 3.15. The van der Waals surface area contributed by atoms with E-state index in [1.165, 1.54) is 24.9 Å². The van der Waals surface area contributed by atoms with Crippen molar-refractivity contribution >= 4 is 29.3 Å². The number of aliphatic imine (C=N–C) groups is 1. The fourth-order valence-corrected chi connectivity index (χ4v) is 3.54. The highest BCUT2D eigenvalue weighted by Crippen LogP contribution is 2.31. The zero-order chi connectivity index (χ0) is 21.4. The van der Waals surface area contributed by atoms with Crippen molar-refractivity contribution < 1.29 is 23.5 Å². The molecule has 0 bridgehead atoms. The van der Waals surface area contributed by atoms with Crippen LogP contribution in [-0.2, 0) is 16.0 Å². The second kappa shape index (κ2) is 7.72. The smallest absolute Gasteiger partial charge is 0.359 e. The van der Waals surface area contributed by atoms with Crippen LogP contribution in [0, 0.1) is 5.82 Å². The molecule has 152 valence electrons. The minimum absolute atomic E-state index is 0.0169. The number of halogens is 2. The lowest BCUT2D eigenvalue weighted by molar-refractivity contribution is 0.0546. The van der Waals surface area contributed by atoms with Crippen molar-refractivity contribution in [2.45, 2.75) is 6.54 Å². The van der Waals surface area contributed by atoms with Gasteiger partial charge in [0.05, 0.1) is 32.2 Å². The van der Waals surface area contributed by atoms with Crippen molar-refractivity contribution in [3.05, 3.63) is 81.6 Å². The van der Waals surface area contributed by atoms with Crippen molar-refractivity contribution in [1.29, 1.82) is 0 Å². The highest BCUT2D eigenvalue weighted by molar-refractivity contribution is 6.31. The highest BCUT2D eigenvalue weighted by atomic mass is 35.5. The quantitative estimate of drug-likeness (QED) is 0.596. The van der Waals surface area contributed by atoms with Gasteiger partial charge in [0.25, 0.3) is 0 Å². The third-order valence-electron chi connectivity index (χ3n) is 4.67. The van der Waals surface area contributed by atoms with E-state index < -0.39 is 17.8 Å². The topological polar surface area (TPSA) is 82.8 Å². The molecule has 1 aliphatic heterocycles. The van der Waals surface area contributed by atoms with Crippen molar-refractivity contribution in [3.63, 3.8) is 0 Å². The standard InChI is InChI=1S/C21H15ClFN3O4/c1-29-20(27)18-19(21(28)30-2)26-15-8-7-11(22)9-13(15)17(24-10-16(26)25-18)12-5-3-4-6-14(12)23/h3-9H,10H2,1-2H3. The summed E-state index contributed by atoms with van der Waals surface area (Å²) in [6.07, 6.45) is 0. The number of methoxy groups -OCH3 is 2. The Balaban J connectivity index is 2.04. The van der Waals surface area contributed by atoms with Crippen LogP contribution in [0.3, 0.4) is 0 Å². The van der Waals surface area contributed by atoms with Gasteiger partial charge in [-0.25, -0.2) is 19.0 Å². The van der Waals surface area contributed by atoms with Crippen molar-refractivity contribution in [2.75, 3.05) is 14.2 Å². The average molecular weight is 428 g/mol. The van der Waals surface area contributed by atoms with Crippen LogP contribution >= 0.6 is 11.6 Å². The number of hydrogen-bond acceptors (Lipinski definition) is 6. The van der Waals surface area contributed by atoms with Crippen LogP contribution in [0.4, 0.5) is 4.39 Å². The van der Waals surface area contributed by atoms with Gasteiger partial charge in [0.15, 0.2) is 11.4 Å². The summed E-state index contributed by atoms with van der Waals surface area (Å²) in [7, 11) is 2.39. The first-order valence-corrected chi connectivity index (χ1v) is 9.22. The summed E-state index contributed by atoms with van der Waals surface area (Å²) in [5, 5.41) is 0.397. The second-order valence-corrected chi connectivity index (χ2v) is 6.79. The maximum atomic E-state index is 14.6. The molecule has 0 saturated carbocycles. The normalized spacial score (nSPS) is 12.3. The number of ether oxygens (including phenoxy) is 2. The van der Waals surface area contributed by atoms with Crippen LogP contribution in [0.1, 0.15) is 37.9 Å². The van der Waals surface area contributed by atoms with Gasteiger partial charge in [0.2, 0.25) is 0 Å². The summed E-state index contributed by atoms with van der Waals surface area (Å²) in [6.45, 7) is -0.0169. The van der Waals surface area contributed by atoms with Crippen molar-refractivity contribution in [2.24, 2.45) is 4.99 Å². The highest BCUT2D eigenvalue weighted by Gasteiger charge is 2.32. The summed E-state index contributed by atoms with van der Waals surface area (Å²) in [5.74, 6) is -1.72. The van der Waals surface area contributed by atoms with Crippen molar-refractivity contribution in [3.8, 4) is 5.69 Å². The summed E-state index contributed by atoms with van der Waals surface area (Å²) in [6, 6.07) is 11.1. The van der Waals surface area contributed by atoms with Gasteiger partial charge in [-0.2, -0.15) is 0 Å². The van der Waals surface area contributed by atoms with Crippen molar-refractivity contribution in [1.82, 2.24) is 9.55 Å². The molecule has 0 aliphatic carbocycles. The number of hydrogen-bond donors (Lipinski definition) is 0. The van der Waals surface area contributed by atoms with Gasteiger partial charge >= 0.3 is 11.9 Å². The molecular weight excluding hydrogens is 413 g/mol. The molecule has 1 aromatic heterocycles. The second-order valence-electron chi connectivity index (χ2n) is 6.35. The van der Waals surface area contributed by atoms with Crippen LogP contribution in [0.2, 0.25) is 5.02 Å². The van der Waals surface area contributed by atoms with E-state index >= 15 is 0 Å². The van der Waals surface area contributed by atoms with Gasteiger partial charge in [0.1, 0.15) is 11.6 Å². The van der Waals surface area contributed by atoms with E-state index in [-0.39, 0.29) is 23.5 Å². The van der Waals surface area contributed by atoms with Crippen LogP contribution < -0.4 is 0 Å². The first-order chi connectivity index (χ1) is 14.5. The van der Waals surface area contributed by atoms with Crippen LogP contribution in [0.5, 0.6) is 0 Å². The third-order valence-corrected chi connectivity index (χ3v) is 4.90. The lowest BCUT2D eigenvalue weighted by Crippen LogP contribution is -2.17. The number of nitrogens with zero attached hydrogens (tertiary/aromatic N) is 3. The molecule has 0 unspecified atom stereocenters. The molecule has 7 nitrogen and oxygen atoms in total. The van der Waals surface area contributed by atoms with E-state index in [2.05, 4.69) is 9.98 Å². The fraction of sp³-hybridized carbons (Fsp3) is 0.143. The number of imidazole rings is 1. The Bertz CT molecular complexity index is 1220. The first-order valence-electron chi connectivity index (χ1n) is 8.84. The molecular formula is C21H15ClFN3O4. The molecule has 0 spiro atoms. The molecule has 0 N–H and O–H groups in total. The minimum Gasteiger partial charge on any atom is -0.464 e. The van der Waals surface area contributed by atoms with E-state index in [4.69, 9.17) is 21.1 Å². The Hall–Kier alpha value is -3.52. The average Bonchev–Trinajstić information content (AvgIpc) is 3.06. The Kier molecular flexibility index (Phi) is 5.09. The lowest BCUT2D eigenvalue weighted by Gasteiger charge is -2.14. The zero-order valence-corrected chi connectivity index (χ0v) is 16.7. The Morgan fingerprint density at radius 2 is 1.80 bits per heavy atom. The van der Waals surface area contributed by atoms with E-state index in [9.17, 15) is 14.0 Å². The number of aromatic nitrogens is 2. The molecule has 0 saturated heterocycles. The zero-order valence-electron chi connectivity index (χ0n) is 16.0. The molecule has 9 heteroatoms. The predicted molar refractivity (Wildman–Crippen MR) is 107 cm³/mol. The summed E-state index contributed by atoms with van der Waals surface area (Å²) in [5.41, 5.74) is 1.27. The van der Waals surface area contributed by atoms with Gasteiger partial charge in [-0.1, -0.05) is 23.7 Å². The predicted octanol–water partition coefficient (Wildman–Crippen LogP) is 3.59. The molecule has 0 amide bonds. The van der Waals surface area contributed by atoms with Gasteiger partial charge in [-0.3, -0.25) is 9.56 Å². The minimum atomic E-state index is -0.787. The lowest BCUT2D eigenvalue weighted by atomic mass is 10.00. The van der Waals surface area contributed by atoms with Crippen LogP contribution in [0.25, 0.3) is 5.69 Å². The summed E-state index contributed by atoms with van der Waals surface area (Å²) < 4.78 is 25.7. The van der Waals surface area contributed by atoms with E-state index in [0.29, 0.717) is 27.8 Å². The van der Waals surface area contributed by atoms with E-state index in [1.807, 2.05) is 0 Å².